The first-order valence-electron chi connectivity index (χ1n) is 9.67. The molecule has 0 aliphatic carbocycles. The van der Waals surface area contributed by atoms with E-state index in [4.69, 9.17) is 23.9 Å². The lowest BCUT2D eigenvalue weighted by Gasteiger charge is -2.28. The van der Waals surface area contributed by atoms with E-state index in [1.54, 1.807) is 10.7 Å². The van der Waals surface area contributed by atoms with Crippen LogP contribution in [0.25, 0.3) is 16.1 Å². The summed E-state index contributed by atoms with van der Waals surface area (Å²) >= 11 is 6.24. The predicted octanol–water partition coefficient (Wildman–Crippen LogP) is 4.35. The number of nitrogens with two attached hydrogens (primary N) is 1. The molecule has 0 spiro atoms. The second-order valence-corrected chi connectivity index (χ2v) is 7.76. The standard InChI is InChI=1S/C22H18ClFN6O2/c1-12-3-4-13(9-15(12)23)20-19(21(25)31)18-11-29(7-8-30(18)28-20)22(32)27-14-5-6-17(26-2)16(24)10-14/h3-6,9-10H,7-8,11H2,1H3,(H2,25,31)(H,27,32). The van der Waals surface area contributed by atoms with Gasteiger partial charge in [-0.25, -0.2) is 14.0 Å². The summed E-state index contributed by atoms with van der Waals surface area (Å²) in [4.78, 5) is 29.6. The predicted molar refractivity (Wildman–Crippen MR) is 118 cm³/mol. The molecule has 10 heteroatoms. The van der Waals surface area contributed by atoms with Gasteiger partial charge in [-0.15, -0.1) is 0 Å². The Labute approximate surface area is 188 Å². The third-order valence-electron chi connectivity index (χ3n) is 5.28. The van der Waals surface area contributed by atoms with Gasteiger partial charge in [-0.1, -0.05) is 29.8 Å². The molecule has 3 amide bonds. The van der Waals surface area contributed by atoms with E-state index in [1.807, 2.05) is 19.1 Å². The SMILES string of the molecule is [C-]#[N+]c1ccc(NC(=O)N2CCn3nc(-c4ccc(C)c(Cl)c4)c(C(N)=O)c3C2)cc1F. The maximum absolute atomic E-state index is 13.8. The molecule has 3 N–H and O–H groups in total. The van der Waals surface area contributed by atoms with Gasteiger partial charge in [0.15, 0.2) is 0 Å². The molecule has 0 bridgehead atoms. The van der Waals surface area contributed by atoms with E-state index in [2.05, 4.69) is 15.3 Å². The van der Waals surface area contributed by atoms with Gasteiger partial charge in [-0.05, 0) is 30.7 Å². The number of primary amides is 1. The Hall–Kier alpha value is -3.90. The zero-order valence-corrected chi connectivity index (χ0v) is 17.8. The Morgan fingerprint density at radius 3 is 2.69 bits per heavy atom. The van der Waals surface area contributed by atoms with Gasteiger partial charge in [-0.3, -0.25) is 9.48 Å². The van der Waals surface area contributed by atoms with Gasteiger partial charge in [0.1, 0.15) is 11.5 Å². The van der Waals surface area contributed by atoms with E-state index >= 15 is 0 Å². The molecule has 3 aromatic rings. The van der Waals surface area contributed by atoms with Crippen molar-refractivity contribution in [1.82, 2.24) is 14.7 Å². The van der Waals surface area contributed by atoms with Crippen LogP contribution >= 0.6 is 11.6 Å². The van der Waals surface area contributed by atoms with Crippen LogP contribution in [0.4, 0.5) is 20.6 Å². The average molecular weight is 453 g/mol. The van der Waals surface area contributed by atoms with Crippen LogP contribution in [-0.4, -0.2) is 33.2 Å². The number of carbonyl (C=O) groups excluding carboxylic acids is 2. The van der Waals surface area contributed by atoms with Gasteiger partial charge in [-0.2, -0.15) is 5.10 Å². The van der Waals surface area contributed by atoms with E-state index in [9.17, 15) is 14.0 Å². The fraction of sp³-hybridized carbons (Fsp3) is 0.182. The summed E-state index contributed by atoms with van der Waals surface area (Å²) in [6, 6.07) is 8.75. The van der Waals surface area contributed by atoms with Crippen molar-refractivity contribution in [2.45, 2.75) is 20.0 Å². The Morgan fingerprint density at radius 1 is 1.25 bits per heavy atom. The molecule has 1 aliphatic heterocycles. The number of hydrogen-bond donors (Lipinski definition) is 2. The number of urea groups is 1. The summed E-state index contributed by atoms with van der Waals surface area (Å²) in [5, 5.41) is 7.70. The topological polar surface area (TPSA) is 97.6 Å². The Kier molecular flexibility index (Phi) is 5.55. The molecular formula is C22H18ClFN6O2. The number of fused-ring (bicyclic) bond motifs is 1. The minimum absolute atomic E-state index is 0.0965. The van der Waals surface area contributed by atoms with E-state index < -0.39 is 17.8 Å². The van der Waals surface area contributed by atoms with Crippen LogP contribution in [0.5, 0.6) is 0 Å². The molecule has 8 nitrogen and oxygen atoms in total. The first kappa shape index (κ1) is 21.3. The number of anilines is 1. The smallest absolute Gasteiger partial charge is 0.322 e. The second kappa shape index (κ2) is 8.32. The van der Waals surface area contributed by atoms with Crippen LogP contribution in [0.3, 0.4) is 0 Å². The number of amides is 3. The third kappa shape index (κ3) is 3.88. The number of rotatable bonds is 3. The molecule has 1 aliphatic rings. The molecule has 0 atom stereocenters. The van der Waals surface area contributed by atoms with Crippen molar-refractivity contribution >= 4 is 34.9 Å². The van der Waals surface area contributed by atoms with Crippen LogP contribution in [0.15, 0.2) is 36.4 Å². The number of nitrogens with one attached hydrogen (secondary N) is 1. The van der Waals surface area contributed by atoms with Gasteiger partial charge >= 0.3 is 6.03 Å². The lowest BCUT2D eigenvalue weighted by atomic mass is 10.0. The Bertz CT molecular complexity index is 1300. The fourth-order valence-corrected chi connectivity index (χ4v) is 3.75. The molecule has 2 heterocycles. The monoisotopic (exact) mass is 452 g/mol. The van der Waals surface area contributed by atoms with Crippen molar-refractivity contribution < 1.29 is 14.0 Å². The van der Waals surface area contributed by atoms with E-state index in [-0.39, 0.29) is 23.5 Å². The van der Waals surface area contributed by atoms with Crippen molar-refractivity contribution in [3.63, 3.8) is 0 Å². The maximum Gasteiger partial charge on any atom is 0.322 e. The summed E-state index contributed by atoms with van der Waals surface area (Å²) in [5.74, 6) is -1.37. The van der Waals surface area contributed by atoms with E-state index in [0.717, 1.165) is 11.6 Å². The number of benzene rings is 2. The summed E-state index contributed by atoms with van der Waals surface area (Å²) in [6.45, 7) is 9.56. The highest BCUT2D eigenvalue weighted by molar-refractivity contribution is 6.31. The molecule has 0 saturated heterocycles. The molecule has 0 unspecified atom stereocenters. The van der Waals surface area contributed by atoms with Gasteiger partial charge in [0.2, 0.25) is 5.69 Å². The molecule has 0 radical (unpaired) electrons. The normalized spacial score (nSPS) is 12.8. The zero-order valence-electron chi connectivity index (χ0n) is 17.0. The molecule has 0 saturated carbocycles. The van der Waals surface area contributed by atoms with Crippen LogP contribution in [0, 0.1) is 19.3 Å². The number of hydrogen-bond acceptors (Lipinski definition) is 3. The summed E-state index contributed by atoms with van der Waals surface area (Å²) in [7, 11) is 0. The zero-order chi connectivity index (χ0) is 23.0. The fourth-order valence-electron chi connectivity index (χ4n) is 3.57. The number of carbonyl (C=O) groups is 2. The molecule has 162 valence electrons. The lowest BCUT2D eigenvalue weighted by molar-refractivity contribution is 0.0997. The van der Waals surface area contributed by atoms with Gasteiger partial charge in [0, 0.05) is 22.8 Å². The van der Waals surface area contributed by atoms with E-state index in [1.165, 1.54) is 17.0 Å². The van der Waals surface area contributed by atoms with Gasteiger partial charge in [0.05, 0.1) is 30.9 Å². The lowest BCUT2D eigenvalue weighted by Crippen LogP contribution is -2.41. The number of aromatic nitrogens is 2. The largest absolute Gasteiger partial charge is 0.365 e. The summed E-state index contributed by atoms with van der Waals surface area (Å²) in [6.07, 6.45) is 0. The quantitative estimate of drug-likeness (QED) is 0.578. The number of aryl methyl sites for hydroxylation is 1. The van der Waals surface area contributed by atoms with Crippen molar-refractivity contribution in [1.29, 1.82) is 0 Å². The minimum Gasteiger partial charge on any atom is -0.365 e. The first-order valence-corrected chi connectivity index (χ1v) is 10.0. The van der Waals surface area contributed by atoms with Gasteiger partial charge < -0.3 is 16.0 Å². The van der Waals surface area contributed by atoms with Crippen LogP contribution in [-0.2, 0) is 13.1 Å². The summed E-state index contributed by atoms with van der Waals surface area (Å²) < 4.78 is 15.5. The Morgan fingerprint density at radius 2 is 2.03 bits per heavy atom. The second-order valence-electron chi connectivity index (χ2n) is 7.35. The average Bonchev–Trinajstić information content (AvgIpc) is 3.14. The van der Waals surface area contributed by atoms with Gasteiger partial charge in [0.25, 0.3) is 5.91 Å². The number of nitrogens with zero attached hydrogens (tertiary/aromatic N) is 4. The highest BCUT2D eigenvalue weighted by atomic mass is 35.5. The molecule has 1 aromatic heterocycles. The number of halogens is 2. The van der Waals surface area contributed by atoms with Crippen molar-refractivity contribution in [2.75, 3.05) is 11.9 Å². The maximum atomic E-state index is 13.8. The summed E-state index contributed by atoms with van der Waals surface area (Å²) in [5.41, 5.74) is 8.47. The molecular weight excluding hydrogens is 435 g/mol. The molecule has 2 aromatic carbocycles. The van der Waals surface area contributed by atoms with Crippen molar-refractivity contribution in [3.05, 3.63) is 75.5 Å². The molecule has 0 fully saturated rings. The van der Waals surface area contributed by atoms with Crippen molar-refractivity contribution in [3.8, 4) is 11.3 Å². The van der Waals surface area contributed by atoms with E-state index in [0.29, 0.717) is 35.1 Å². The molecule has 4 rings (SSSR count). The van der Waals surface area contributed by atoms with Crippen LogP contribution < -0.4 is 11.1 Å². The van der Waals surface area contributed by atoms with Crippen LogP contribution in [0.1, 0.15) is 21.6 Å². The first-order chi connectivity index (χ1) is 15.3. The third-order valence-corrected chi connectivity index (χ3v) is 5.69. The Balaban J connectivity index is 1.61. The highest BCUT2D eigenvalue weighted by Gasteiger charge is 2.30. The van der Waals surface area contributed by atoms with Crippen molar-refractivity contribution in [2.24, 2.45) is 5.73 Å². The molecule has 32 heavy (non-hydrogen) atoms. The van der Waals surface area contributed by atoms with Crippen LogP contribution in [0.2, 0.25) is 5.02 Å². The highest BCUT2D eigenvalue weighted by Crippen LogP contribution is 2.31. The minimum atomic E-state index is -0.716.